The molecule has 0 saturated carbocycles. The average Bonchev–Trinajstić information content (AvgIpc) is 2.95. The van der Waals surface area contributed by atoms with Crippen molar-refractivity contribution in [2.45, 2.75) is 0 Å². The van der Waals surface area contributed by atoms with E-state index in [9.17, 15) is 14.4 Å². The van der Waals surface area contributed by atoms with E-state index in [-0.39, 0.29) is 17.1 Å². The summed E-state index contributed by atoms with van der Waals surface area (Å²) in [6.45, 7) is -0.515. The molecule has 0 aliphatic carbocycles. The number of carboxylic acid groups (broad SMARTS) is 1. The number of aliphatic carboxylic acids is 1. The predicted molar refractivity (Wildman–Crippen MR) is 104 cm³/mol. The summed E-state index contributed by atoms with van der Waals surface area (Å²) >= 11 is 3.33. The minimum Gasteiger partial charge on any atom is -0.493 e. The molecule has 8 nitrogen and oxygen atoms in total. The summed E-state index contributed by atoms with van der Waals surface area (Å²) < 4.78 is 11.1. The minimum atomic E-state index is -1.12. The van der Waals surface area contributed by atoms with Gasteiger partial charge in [-0.25, -0.2) is 9.80 Å². The normalized spacial score (nSPS) is 14.9. The number of halogens is 1. The van der Waals surface area contributed by atoms with Gasteiger partial charge in [-0.2, -0.15) is 0 Å². The first-order valence-corrected chi connectivity index (χ1v) is 8.83. The Morgan fingerprint density at radius 2 is 2.00 bits per heavy atom. The predicted octanol–water partition coefficient (Wildman–Crippen LogP) is 2.38. The second-order valence-electron chi connectivity index (χ2n) is 5.71. The van der Waals surface area contributed by atoms with Crippen LogP contribution in [0.25, 0.3) is 6.08 Å². The van der Waals surface area contributed by atoms with Crippen molar-refractivity contribution >= 4 is 45.5 Å². The number of ether oxygens (including phenoxy) is 2. The summed E-state index contributed by atoms with van der Waals surface area (Å²) in [6, 6.07) is 11.6. The van der Waals surface area contributed by atoms with E-state index in [1.165, 1.54) is 24.3 Å². The van der Waals surface area contributed by atoms with Crippen LogP contribution < -0.4 is 19.9 Å². The van der Waals surface area contributed by atoms with Crippen LogP contribution in [0.15, 0.2) is 52.5 Å². The van der Waals surface area contributed by atoms with Crippen LogP contribution in [0.4, 0.5) is 5.69 Å². The Balaban J connectivity index is 1.87. The number of anilines is 1. The fourth-order valence-corrected chi connectivity index (χ4v) is 2.94. The molecule has 1 fully saturated rings. The Morgan fingerprint density at radius 1 is 1.21 bits per heavy atom. The molecule has 0 spiro atoms. The number of amides is 2. The van der Waals surface area contributed by atoms with Gasteiger partial charge in [0.05, 0.1) is 12.8 Å². The number of nitrogens with zero attached hydrogens (tertiary/aromatic N) is 1. The van der Waals surface area contributed by atoms with E-state index in [1.807, 2.05) is 6.07 Å². The van der Waals surface area contributed by atoms with Gasteiger partial charge in [0.1, 0.15) is 5.57 Å². The third-order valence-electron chi connectivity index (χ3n) is 3.81. The van der Waals surface area contributed by atoms with Gasteiger partial charge in [-0.3, -0.25) is 15.0 Å². The molecule has 2 aromatic rings. The van der Waals surface area contributed by atoms with E-state index in [2.05, 4.69) is 21.4 Å². The van der Waals surface area contributed by atoms with Crippen LogP contribution >= 0.6 is 15.9 Å². The van der Waals surface area contributed by atoms with E-state index in [1.54, 1.807) is 30.3 Å². The maximum Gasteiger partial charge on any atom is 0.341 e. The highest BCUT2D eigenvalue weighted by Crippen LogP contribution is 2.30. The van der Waals surface area contributed by atoms with Crippen molar-refractivity contribution in [3.8, 4) is 11.5 Å². The molecule has 28 heavy (non-hydrogen) atoms. The Bertz CT molecular complexity index is 988. The Labute approximate surface area is 168 Å². The van der Waals surface area contributed by atoms with Crippen LogP contribution in [0.3, 0.4) is 0 Å². The summed E-state index contributed by atoms with van der Waals surface area (Å²) in [7, 11) is 1.41. The molecule has 0 bridgehead atoms. The van der Waals surface area contributed by atoms with Crippen LogP contribution in [0.5, 0.6) is 11.5 Å². The lowest BCUT2D eigenvalue weighted by Crippen LogP contribution is -2.35. The van der Waals surface area contributed by atoms with E-state index in [0.717, 1.165) is 4.47 Å². The fraction of sp³-hybridized carbons (Fsp3) is 0.105. The number of benzene rings is 2. The van der Waals surface area contributed by atoms with Gasteiger partial charge in [0.25, 0.3) is 11.8 Å². The molecule has 1 aliphatic heterocycles. The molecule has 0 radical (unpaired) electrons. The highest BCUT2D eigenvalue weighted by atomic mass is 79.9. The summed E-state index contributed by atoms with van der Waals surface area (Å²) in [5.74, 6) is -1.62. The summed E-state index contributed by atoms with van der Waals surface area (Å²) in [5, 5.41) is 9.88. The van der Waals surface area contributed by atoms with Crippen LogP contribution in [0.1, 0.15) is 5.56 Å². The van der Waals surface area contributed by atoms with E-state index in [0.29, 0.717) is 11.3 Å². The highest BCUT2D eigenvalue weighted by Gasteiger charge is 2.34. The molecule has 144 valence electrons. The zero-order valence-corrected chi connectivity index (χ0v) is 16.2. The first-order valence-electron chi connectivity index (χ1n) is 8.04. The van der Waals surface area contributed by atoms with Crippen molar-refractivity contribution in [1.29, 1.82) is 0 Å². The molecule has 2 N–H and O–H groups in total. The number of methoxy groups -OCH3 is 1. The van der Waals surface area contributed by atoms with Crippen molar-refractivity contribution in [3.63, 3.8) is 0 Å². The smallest absolute Gasteiger partial charge is 0.341 e. The molecule has 1 saturated heterocycles. The monoisotopic (exact) mass is 446 g/mol. The molecule has 0 unspecified atom stereocenters. The number of hydrogen-bond donors (Lipinski definition) is 2. The SMILES string of the molecule is COc1cc(/C=C2\C(=O)NN(c3cccc(Br)c3)C2=O)ccc1OCC(=O)O. The summed E-state index contributed by atoms with van der Waals surface area (Å²) in [6.07, 6.45) is 1.43. The second-order valence-corrected chi connectivity index (χ2v) is 6.63. The van der Waals surface area contributed by atoms with Gasteiger partial charge < -0.3 is 14.6 Å². The van der Waals surface area contributed by atoms with Crippen molar-refractivity contribution in [3.05, 3.63) is 58.1 Å². The van der Waals surface area contributed by atoms with Gasteiger partial charge in [0.2, 0.25) is 0 Å². The lowest BCUT2D eigenvalue weighted by atomic mass is 10.1. The standard InChI is InChI=1S/C19H15BrN2O6/c1-27-16-8-11(5-6-15(16)28-10-17(23)24)7-14-18(25)21-22(19(14)26)13-4-2-3-12(20)9-13/h2-9H,10H2,1H3,(H,21,25)(H,23,24)/b14-7+. The third-order valence-corrected chi connectivity index (χ3v) is 4.30. The van der Waals surface area contributed by atoms with E-state index < -0.39 is 24.4 Å². The van der Waals surface area contributed by atoms with Gasteiger partial charge in [-0.1, -0.05) is 28.1 Å². The first kappa shape index (κ1) is 19.4. The number of hydrogen-bond acceptors (Lipinski definition) is 5. The van der Waals surface area contributed by atoms with Gasteiger partial charge in [0.15, 0.2) is 18.1 Å². The van der Waals surface area contributed by atoms with E-state index >= 15 is 0 Å². The van der Waals surface area contributed by atoms with Crippen molar-refractivity contribution in [2.24, 2.45) is 0 Å². The zero-order chi connectivity index (χ0) is 20.3. The lowest BCUT2D eigenvalue weighted by molar-refractivity contribution is -0.139. The van der Waals surface area contributed by atoms with Crippen LogP contribution in [-0.2, 0) is 14.4 Å². The summed E-state index contributed by atoms with van der Waals surface area (Å²) in [4.78, 5) is 35.6. The number of rotatable bonds is 6. The van der Waals surface area contributed by atoms with Gasteiger partial charge in [-0.15, -0.1) is 0 Å². The molecule has 9 heteroatoms. The summed E-state index contributed by atoms with van der Waals surface area (Å²) in [5.41, 5.74) is 3.53. The molecular weight excluding hydrogens is 432 g/mol. The first-order chi connectivity index (χ1) is 13.4. The number of carbonyl (C=O) groups excluding carboxylic acids is 2. The number of carboxylic acids is 1. The Morgan fingerprint density at radius 3 is 2.68 bits per heavy atom. The topological polar surface area (TPSA) is 105 Å². The van der Waals surface area contributed by atoms with Gasteiger partial charge in [-0.05, 0) is 42.0 Å². The molecule has 0 atom stereocenters. The van der Waals surface area contributed by atoms with Crippen LogP contribution in [-0.4, -0.2) is 36.6 Å². The Hall–Kier alpha value is -3.33. The quantitative estimate of drug-likeness (QED) is 0.521. The zero-order valence-electron chi connectivity index (χ0n) is 14.6. The maximum atomic E-state index is 12.7. The van der Waals surface area contributed by atoms with Crippen molar-refractivity contribution < 1.29 is 29.0 Å². The molecule has 2 aromatic carbocycles. The molecule has 1 heterocycles. The number of hydrazine groups is 1. The van der Waals surface area contributed by atoms with Crippen molar-refractivity contribution in [1.82, 2.24) is 5.43 Å². The highest BCUT2D eigenvalue weighted by molar-refractivity contribution is 9.10. The van der Waals surface area contributed by atoms with Gasteiger partial charge in [0, 0.05) is 4.47 Å². The molecule has 0 aromatic heterocycles. The van der Waals surface area contributed by atoms with Crippen molar-refractivity contribution in [2.75, 3.05) is 18.7 Å². The lowest BCUT2D eigenvalue weighted by Gasteiger charge is -2.14. The molecular formula is C19H15BrN2O6. The molecule has 3 rings (SSSR count). The second kappa shape index (κ2) is 8.13. The number of carbonyl (C=O) groups is 3. The minimum absolute atomic E-state index is 0.0405. The molecule has 2 amide bonds. The maximum absolute atomic E-state index is 12.7. The average molecular weight is 447 g/mol. The fourth-order valence-electron chi connectivity index (χ4n) is 2.55. The third kappa shape index (κ3) is 4.15. The largest absolute Gasteiger partial charge is 0.493 e. The molecule has 1 aliphatic rings. The Kier molecular flexibility index (Phi) is 5.65. The van der Waals surface area contributed by atoms with E-state index in [4.69, 9.17) is 14.6 Å². The van der Waals surface area contributed by atoms with Gasteiger partial charge >= 0.3 is 5.97 Å². The number of nitrogens with one attached hydrogen (secondary N) is 1. The van der Waals surface area contributed by atoms with Crippen LogP contribution in [0.2, 0.25) is 0 Å². The van der Waals surface area contributed by atoms with Crippen LogP contribution in [0, 0.1) is 0 Å².